The van der Waals surface area contributed by atoms with Crippen molar-refractivity contribution < 1.29 is 8.76 Å². The molecule has 0 aliphatic carbocycles. The monoisotopic (exact) mass is 262 g/mol. The van der Waals surface area contributed by atoms with Crippen LogP contribution in [0.2, 0.25) is 0 Å². The summed E-state index contributed by atoms with van der Waals surface area (Å²) in [6.45, 7) is 7.68. The zero-order valence-corrected chi connectivity index (χ0v) is 11.7. The molecule has 3 atom stereocenters. The number of hydrogen-bond acceptors (Lipinski definition) is 2. The van der Waals surface area contributed by atoms with Crippen molar-refractivity contribution in [2.75, 3.05) is 0 Å². The van der Waals surface area contributed by atoms with Crippen LogP contribution in [0.25, 0.3) is 0 Å². The first kappa shape index (κ1) is 15.8. The Kier molecular flexibility index (Phi) is 7.89. The van der Waals surface area contributed by atoms with Gasteiger partial charge in [-0.25, -0.2) is 4.21 Å². The largest absolute Gasteiger partial charge is 0.305 e. The normalized spacial score (nSPS) is 19.2. The van der Waals surface area contributed by atoms with Gasteiger partial charge in [-0.3, -0.25) is 0 Å². The van der Waals surface area contributed by atoms with Crippen molar-refractivity contribution in [2.45, 2.75) is 44.8 Å². The standard InChI is InChI=1S/C12H22O2S2/c1-4-6-7-9-12(16(13,14)15)10-11(3)8-5-2/h4-6,11-12H,2,7-10H2,1,3H3,(H,13,14,15)/b6-4-/t11-,12+/m0/s1. The van der Waals surface area contributed by atoms with Crippen molar-refractivity contribution in [3.05, 3.63) is 24.8 Å². The van der Waals surface area contributed by atoms with E-state index < -0.39 is 8.77 Å². The minimum Gasteiger partial charge on any atom is -0.305 e. The summed E-state index contributed by atoms with van der Waals surface area (Å²) in [6, 6.07) is 0. The SMILES string of the molecule is C=CC[C@H](C)C[C@@H](CC/C=C\C)S(=O)(O)=S. The lowest BCUT2D eigenvalue weighted by Crippen LogP contribution is -2.22. The Morgan fingerprint density at radius 1 is 1.56 bits per heavy atom. The Morgan fingerprint density at radius 3 is 2.62 bits per heavy atom. The van der Waals surface area contributed by atoms with E-state index in [0.29, 0.717) is 18.8 Å². The molecule has 94 valence electrons. The molecule has 16 heavy (non-hydrogen) atoms. The van der Waals surface area contributed by atoms with Crippen molar-refractivity contribution in [2.24, 2.45) is 5.92 Å². The second-order valence-corrected chi connectivity index (χ2v) is 7.28. The van der Waals surface area contributed by atoms with Gasteiger partial charge in [0.15, 0.2) is 0 Å². The summed E-state index contributed by atoms with van der Waals surface area (Å²) in [4.78, 5) is 0. The van der Waals surface area contributed by atoms with Crippen LogP contribution >= 0.6 is 0 Å². The van der Waals surface area contributed by atoms with Gasteiger partial charge in [-0.15, -0.1) is 6.58 Å². The second-order valence-electron chi connectivity index (χ2n) is 4.15. The van der Waals surface area contributed by atoms with E-state index in [-0.39, 0.29) is 5.25 Å². The third-order valence-electron chi connectivity index (χ3n) is 2.55. The van der Waals surface area contributed by atoms with E-state index in [1.165, 1.54) is 0 Å². The Bertz CT molecular complexity index is 318. The third-order valence-corrected chi connectivity index (χ3v) is 4.63. The zero-order chi connectivity index (χ0) is 12.6. The number of hydrogen-bond donors (Lipinski definition) is 1. The smallest absolute Gasteiger partial charge is 0.144 e. The predicted molar refractivity (Wildman–Crippen MR) is 74.6 cm³/mol. The highest BCUT2D eigenvalue weighted by Crippen LogP contribution is 2.20. The van der Waals surface area contributed by atoms with Gasteiger partial charge in [-0.1, -0.05) is 25.2 Å². The summed E-state index contributed by atoms with van der Waals surface area (Å²) in [7, 11) is -3.09. The lowest BCUT2D eigenvalue weighted by Gasteiger charge is -2.18. The molecule has 0 saturated carbocycles. The van der Waals surface area contributed by atoms with Crippen LogP contribution in [0.1, 0.15) is 39.5 Å². The van der Waals surface area contributed by atoms with Crippen LogP contribution in [0.3, 0.4) is 0 Å². The minimum absolute atomic E-state index is 0.284. The number of rotatable bonds is 8. The maximum absolute atomic E-state index is 11.5. The number of allylic oxidation sites excluding steroid dienone is 3. The molecule has 4 heteroatoms. The first-order chi connectivity index (χ1) is 7.41. The molecule has 0 fully saturated rings. The van der Waals surface area contributed by atoms with Gasteiger partial charge >= 0.3 is 0 Å². The molecular weight excluding hydrogens is 240 g/mol. The fourth-order valence-electron chi connectivity index (χ4n) is 1.67. The summed E-state index contributed by atoms with van der Waals surface area (Å²) in [5, 5.41) is -0.284. The molecule has 0 aromatic heterocycles. The Labute approximate surface area is 104 Å². The maximum Gasteiger partial charge on any atom is 0.144 e. The van der Waals surface area contributed by atoms with Crippen molar-refractivity contribution in [3.63, 3.8) is 0 Å². The van der Waals surface area contributed by atoms with E-state index >= 15 is 0 Å². The van der Waals surface area contributed by atoms with Crippen LogP contribution in [0.5, 0.6) is 0 Å². The third kappa shape index (κ3) is 7.14. The Balaban J connectivity index is 4.38. The highest BCUT2D eigenvalue weighted by Gasteiger charge is 2.20. The van der Waals surface area contributed by atoms with Crippen LogP contribution in [0, 0.1) is 5.92 Å². The molecule has 1 unspecified atom stereocenters. The van der Waals surface area contributed by atoms with Gasteiger partial charge < -0.3 is 4.55 Å². The first-order valence-corrected chi connectivity index (χ1v) is 8.10. The van der Waals surface area contributed by atoms with Crippen LogP contribution < -0.4 is 0 Å². The lowest BCUT2D eigenvalue weighted by molar-refractivity contribution is 0.474. The van der Waals surface area contributed by atoms with E-state index in [1.54, 1.807) is 0 Å². The quantitative estimate of drug-likeness (QED) is 0.680. The fourth-order valence-corrected chi connectivity index (χ4v) is 3.20. The highest BCUT2D eigenvalue weighted by atomic mass is 32.8. The van der Waals surface area contributed by atoms with Crippen molar-refractivity contribution >= 4 is 20.0 Å². The zero-order valence-electron chi connectivity index (χ0n) is 10.1. The average Bonchev–Trinajstić information content (AvgIpc) is 2.15. The molecule has 0 amide bonds. The molecule has 0 heterocycles. The van der Waals surface area contributed by atoms with E-state index in [9.17, 15) is 8.76 Å². The van der Waals surface area contributed by atoms with Gasteiger partial charge in [0, 0.05) is 11.2 Å². The van der Waals surface area contributed by atoms with Gasteiger partial charge in [0.1, 0.15) is 8.77 Å². The molecule has 0 radical (unpaired) electrons. The summed E-state index contributed by atoms with van der Waals surface area (Å²) >= 11 is 4.69. The molecule has 0 rings (SSSR count). The molecule has 0 aliphatic rings. The minimum atomic E-state index is -3.09. The van der Waals surface area contributed by atoms with Crippen LogP contribution in [-0.2, 0) is 20.0 Å². The molecule has 0 aromatic rings. The Morgan fingerprint density at radius 2 is 2.19 bits per heavy atom. The summed E-state index contributed by atoms with van der Waals surface area (Å²) in [5.74, 6) is 0.365. The van der Waals surface area contributed by atoms with Gasteiger partial charge in [0.2, 0.25) is 0 Å². The van der Waals surface area contributed by atoms with Crippen LogP contribution in [0.4, 0.5) is 0 Å². The van der Waals surface area contributed by atoms with Gasteiger partial charge in [0.25, 0.3) is 0 Å². The molecule has 0 bridgehead atoms. The van der Waals surface area contributed by atoms with Gasteiger partial charge in [-0.2, -0.15) is 0 Å². The van der Waals surface area contributed by atoms with Crippen LogP contribution in [0.15, 0.2) is 24.8 Å². The second kappa shape index (κ2) is 7.98. The summed E-state index contributed by atoms with van der Waals surface area (Å²) in [6.07, 6.45) is 8.86. The lowest BCUT2D eigenvalue weighted by atomic mass is 9.99. The van der Waals surface area contributed by atoms with E-state index in [1.807, 2.05) is 25.2 Å². The van der Waals surface area contributed by atoms with E-state index in [4.69, 9.17) is 11.2 Å². The molecule has 0 aliphatic heterocycles. The van der Waals surface area contributed by atoms with E-state index in [2.05, 4.69) is 13.5 Å². The summed E-state index contributed by atoms with van der Waals surface area (Å²) in [5.41, 5.74) is 0. The molecule has 1 N–H and O–H groups in total. The fraction of sp³-hybridized carbons (Fsp3) is 0.667. The molecular formula is C12H22O2S2. The summed E-state index contributed by atoms with van der Waals surface area (Å²) < 4.78 is 21.0. The average molecular weight is 262 g/mol. The van der Waals surface area contributed by atoms with Crippen LogP contribution in [-0.4, -0.2) is 14.0 Å². The van der Waals surface area contributed by atoms with E-state index in [0.717, 1.165) is 12.8 Å². The van der Waals surface area contributed by atoms with Gasteiger partial charge in [-0.05, 0) is 38.5 Å². The first-order valence-electron chi connectivity index (χ1n) is 5.60. The molecule has 2 nitrogen and oxygen atoms in total. The molecule has 0 spiro atoms. The van der Waals surface area contributed by atoms with Crippen molar-refractivity contribution in [3.8, 4) is 0 Å². The Hall–Kier alpha value is -0.190. The molecule has 0 saturated heterocycles. The van der Waals surface area contributed by atoms with Crippen molar-refractivity contribution in [1.29, 1.82) is 0 Å². The van der Waals surface area contributed by atoms with Crippen molar-refractivity contribution in [1.82, 2.24) is 0 Å². The molecule has 0 aromatic carbocycles. The topological polar surface area (TPSA) is 37.3 Å². The highest BCUT2D eigenvalue weighted by molar-refractivity contribution is 8.30. The predicted octanol–water partition coefficient (Wildman–Crippen LogP) is 3.53. The van der Waals surface area contributed by atoms with Gasteiger partial charge in [0.05, 0.1) is 5.25 Å². The maximum atomic E-state index is 11.5.